The molecule has 6 heteroatoms. The lowest BCUT2D eigenvalue weighted by Crippen LogP contribution is -2.32. The van der Waals surface area contributed by atoms with E-state index in [1.165, 1.54) is 0 Å². The van der Waals surface area contributed by atoms with Gasteiger partial charge in [-0.1, -0.05) is 5.16 Å². The molecule has 16 heavy (non-hydrogen) atoms. The number of hydrogen-bond donors (Lipinski definition) is 2. The van der Waals surface area contributed by atoms with Crippen LogP contribution >= 0.6 is 11.8 Å². The van der Waals surface area contributed by atoms with Gasteiger partial charge in [0.05, 0.1) is 0 Å². The monoisotopic (exact) mass is 238 g/mol. The molecule has 0 bridgehead atoms. The number of pyridine rings is 1. The summed E-state index contributed by atoms with van der Waals surface area (Å²) in [6, 6.07) is 3.80. The molecule has 2 rings (SSSR count). The van der Waals surface area contributed by atoms with E-state index in [2.05, 4.69) is 15.0 Å². The average Bonchev–Trinajstić information content (AvgIpc) is 2.39. The molecule has 86 valence electrons. The Kier molecular flexibility index (Phi) is 3.51. The Morgan fingerprint density at radius 1 is 1.50 bits per heavy atom. The number of oxime groups is 1. The zero-order valence-electron chi connectivity index (χ0n) is 8.83. The number of hydrogen-bond acceptors (Lipinski definition) is 5. The lowest BCUT2D eigenvalue weighted by Gasteiger charge is -2.28. The van der Waals surface area contributed by atoms with Crippen LogP contribution in [0.3, 0.4) is 0 Å². The fraction of sp³-hybridized carbons (Fsp3) is 0.400. The van der Waals surface area contributed by atoms with Crippen LogP contribution in [0.5, 0.6) is 0 Å². The lowest BCUT2D eigenvalue weighted by atomic mass is 10.2. The third-order valence-corrected chi connectivity index (χ3v) is 3.43. The predicted molar refractivity (Wildman–Crippen MR) is 66.3 cm³/mol. The van der Waals surface area contributed by atoms with Crippen molar-refractivity contribution in [3.8, 4) is 0 Å². The number of anilines is 1. The van der Waals surface area contributed by atoms with Crippen molar-refractivity contribution in [3.63, 3.8) is 0 Å². The quantitative estimate of drug-likeness (QED) is 0.344. The first-order chi connectivity index (χ1) is 7.81. The van der Waals surface area contributed by atoms with Gasteiger partial charge in [0, 0.05) is 36.5 Å². The molecule has 1 aromatic heterocycles. The van der Waals surface area contributed by atoms with Crippen molar-refractivity contribution in [3.05, 3.63) is 24.0 Å². The van der Waals surface area contributed by atoms with E-state index in [1.54, 1.807) is 6.20 Å². The first kappa shape index (κ1) is 11.1. The molecule has 0 amide bonds. The maximum atomic E-state index is 8.60. The van der Waals surface area contributed by atoms with Crippen LogP contribution in [0.2, 0.25) is 0 Å². The van der Waals surface area contributed by atoms with Crippen molar-refractivity contribution >= 4 is 23.3 Å². The second kappa shape index (κ2) is 5.07. The standard InChI is InChI=1S/C10H14N4OS/c11-10(13-15)9-7-8(1-2-12-9)14-3-5-16-6-4-14/h1-2,7,15H,3-6H2,(H2,11,13). The molecule has 5 nitrogen and oxygen atoms in total. The summed E-state index contributed by atoms with van der Waals surface area (Å²) in [6.45, 7) is 2.06. The molecule has 0 aliphatic carbocycles. The Morgan fingerprint density at radius 2 is 2.25 bits per heavy atom. The molecule has 1 aliphatic heterocycles. The summed E-state index contributed by atoms with van der Waals surface area (Å²) >= 11 is 1.96. The molecular weight excluding hydrogens is 224 g/mol. The average molecular weight is 238 g/mol. The molecule has 1 aromatic rings. The Morgan fingerprint density at radius 3 is 2.94 bits per heavy atom. The highest BCUT2D eigenvalue weighted by Crippen LogP contribution is 2.19. The first-order valence-electron chi connectivity index (χ1n) is 5.08. The highest BCUT2D eigenvalue weighted by atomic mass is 32.2. The summed E-state index contributed by atoms with van der Waals surface area (Å²) in [7, 11) is 0. The second-order valence-corrected chi connectivity index (χ2v) is 4.71. The second-order valence-electron chi connectivity index (χ2n) is 3.48. The Labute approximate surface area is 98.3 Å². The fourth-order valence-electron chi connectivity index (χ4n) is 1.63. The Hall–Kier alpha value is -1.43. The highest BCUT2D eigenvalue weighted by molar-refractivity contribution is 7.99. The van der Waals surface area contributed by atoms with Crippen molar-refractivity contribution in [2.75, 3.05) is 29.5 Å². The molecule has 0 radical (unpaired) electrons. The normalized spacial score (nSPS) is 17.5. The molecule has 0 aromatic carbocycles. The topological polar surface area (TPSA) is 74.7 Å². The van der Waals surface area contributed by atoms with Crippen LogP contribution in [-0.4, -0.2) is 40.6 Å². The number of nitrogens with zero attached hydrogens (tertiary/aromatic N) is 3. The zero-order valence-corrected chi connectivity index (χ0v) is 9.65. The smallest absolute Gasteiger partial charge is 0.188 e. The van der Waals surface area contributed by atoms with E-state index in [-0.39, 0.29) is 5.84 Å². The Balaban J connectivity index is 2.21. The van der Waals surface area contributed by atoms with Gasteiger partial charge in [-0.15, -0.1) is 0 Å². The van der Waals surface area contributed by atoms with Crippen LogP contribution in [0.4, 0.5) is 5.69 Å². The van der Waals surface area contributed by atoms with E-state index < -0.39 is 0 Å². The SMILES string of the molecule is NC(=NO)c1cc(N2CCSCC2)ccn1. The summed E-state index contributed by atoms with van der Waals surface area (Å²) in [5.74, 6) is 2.33. The van der Waals surface area contributed by atoms with Gasteiger partial charge in [-0.3, -0.25) is 4.98 Å². The molecule has 0 spiro atoms. The van der Waals surface area contributed by atoms with Gasteiger partial charge < -0.3 is 15.8 Å². The number of aromatic nitrogens is 1. The van der Waals surface area contributed by atoms with Gasteiger partial charge in [0.2, 0.25) is 0 Å². The maximum absolute atomic E-state index is 8.60. The number of amidine groups is 1. The van der Waals surface area contributed by atoms with Crippen LogP contribution in [0.15, 0.2) is 23.5 Å². The van der Waals surface area contributed by atoms with Gasteiger partial charge in [0.15, 0.2) is 5.84 Å². The minimum atomic E-state index is 0.0493. The summed E-state index contributed by atoms with van der Waals surface area (Å²) < 4.78 is 0. The van der Waals surface area contributed by atoms with E-state index in [1.807, 2.05) is 23.9 Å². The van der Waals surface area contributed by atoms with E-state index >= 15 is 0 Å². The minimum Gasteiger partial charge on any atom is -0.409 e. The molecule has 1 fully saturated rings. The third kappa shape index (κ3) is 2.38. The lowest BCUT2D eigenvalue weighted by molar-refractivity contribution is 0.318. The van der Waals surface area contributed by atoms with Crippen LogP contribution in [0.1, 0.15) is 5.69 Å². The van der Waals surface area contributed by atoms with Gasteiger partial charge in [-0.2, -0.15) is 11.8 Å². The molecule has 3 N–H and O–H groups in total. The fourth-order valence-corrected chi connectivity index (χ4v) is 2.53. The van der Waals surface area contributed by atoms with Gasteiger partial charge in [-0.05, 0) is 12.1 Å². The molecular formula is C10H14N4OS. The van der Waals surface area contributed by atoms with Crippen LogP contribution in [-0.2, 0) is 0 Å². The summed E-state index contributed by atoms with van der Waals surface area (Å²) in [5, 5.41) is 11.5. The number of nitrogens with two attached hydrogens (primary N) is 1. The first-order valence-corrected chi connectivity index (χ1v) is 6.23. The van der Waals surface area contributed by atoms with Gasteiger partial charge >= 0.3 is 0 Å². The maximum Gasteiger partial charge on any atom is 0.188 e. The van der Waals surface area contributed by atoms with E-state index in [9.17, 15) is 0 Å². The number of rotatable bonds is 2. The molecule has 1 saturated heterocycles. The van der Waals surface area contributed by atoms with Crippen molar-refractivity contribution < 1.29 is 5.21 Å². The van der Waals surface area contributed by atoms with Crippen LogP contribution < -0.4 is 10.6 Å². The minimum absolute atomic E-state index is 0.0493. The van der Waals surface area contributed by atoms with E-state index in [0.29, 0.717) is 5.69 Å². The molecule has 0 unspecified atom stereocenters. The van der Waals surface area contributed by atoms with Gasteiger partial charge in [0.25, 0.3) is 0 Å². The summed E-state index contributed by atoms with van der Waals surface area (Å²) in [4.78, 5) is 6.34. The summed E-state index contributed by atoms with van der Waals surface area (Å²) in [6.07, 6.45) is 1.68. The third-order valence-electron chi connectivity index (χ3n) is 2.49. The van der Waals surface area contributed by atoms with Gasteiger partial charge in [-0.25, -0.2) is 0 Å². The Bertz CT molecular complexity index is 390. The van der Waals surface area contributed by atoms with Crippen molar-refractivity contribution in [2.24, 2.45) is 10.9 Å². The highest BCUT2D eigenvalue weighted by Gasteiger charge is 2.12. The largest absolute Gasteiger partial charge is 0.409 e. The predicted octanol–water partition coefficient (Wildman–Crippen LogP) is 0.729. The number of thioether (sulfide) groups is 1. The molecule has 0 atom stereocenters. The molecule has 2 heterocycles. The van der Waals surface area contributed by atoms with E-state index in [0.717, 1.165) is 30.3 Å². The van der Waals surface area contributed by atoms with Crippen LogP contribution in [0, 0.1) is 0 Å². The zero-order chi connectivity index (χ0) is 11.4. The summed E-state index contributed by atoms with van der Waals surface area (Å²) in [5.41, 5.74) is 7.10. The van der Waals surface area contributed by atoms with Crippen molar-refractivity contribution in [1.29, 1.82) is 0 Å². The van der Waals surface area contributed by atoms with Crippen molar-refractivity contribution in [1.82, 2.24) is 4.98 Å². The van der Waals surface area contributed by atoms with E-state index in [4.69, 9.17) is 10.9 Å². The van der Waals surface area contributed by atoms with Crippen LogP contribution in [0.25, 0.3) is 0 Å². The molecule has 1 aliphatic rings. The molecule has 0 saturated carbocycles. The van der Waals surface area contributed by atoms with Gasteiger partial charge in [0.1, 0.15) is 5.69 Å². The van der Waals surface area contributed by atoms with Crippen molar-refractivity contribution in [2.45, 2.75) is 0 Å².